The molecule has 0 aliphatic carbocycles. The summed E-state index contributed by atoms with van der Waals surface area (Å²) < 4.78 is 10.7. The topological polar surface area (TPSA) is 79.9 Å². The van der Waals surface area contributed by atoms with Crippen molar-refractivity contribution < 1.29 is 19.1 Å². The fraction of sp³-hybridized carbons (Fsp3) is 0.333. The number of benzene rings is 2. The zero-order chi connectivity index (χ0) is 21.0. The predicted molar refractivity (Wildman–Crippen MR) is 112 cm³/mol. The fourth-order valence-electron chi connectivity index (χ4n) is 3.18. The Balaban J connectivity index is 1.61. The molecular weight excluding hydrogens is 394 g/mol. The maximum Gasteiger partial charge on any atom is 0.318 e. The Labute approximate surface area is 174 Å². The van der Waals surface area contributed by atoms with Crippen molar-refractivity contribution in [2.45, 2.75) is 25.9 Å². The lowest BCUT2D eigenvalue weighted by atomic mass is 9.99. The highest BCUT2D eigenvalue weighted by Gasteiger charge is 2.25. The number of hydrogen-bond acceptors (Lipinski definition) is 4. The Morgan fingerprint density at radius 2 is 1.69 bits per heavy atom. The van der Waals surface area contributed by atoms with E-state index >= 15 is 0 Å². The van der Waals surface area contributed by atoms with Gasteiger partial charge in [0.1, 0.15) is 6.04 Å². The molecule has 1 aliphatic rings. The van der Waals surface area contributed by atoms with Crippen molar-refractivity contribution >= 4 is 29.2 Å². The van der Waals surface area contributed by atoms with Gasteiger partial charge in [-0.2, -0.15) is 0 Å². The van der Waals surface area contributed by atoms with Crippen molar-refractivity contribution in [3.05, 3.63) is 52.5 Å². The van der Waals surface area contributed by atoms with E-state index in [1.54, 1.807) is 50.3 Å². The third-order valence-electron chi connectivity index (χ3n) is 4.85. The van der Waals surface area contributed by atoms with Crippen molar-refractivity contribution in [1.29, 1.82) is 0 Å². The summed E-state index contributed by atoms with van der Waals surface area (Å²) in [6, 6.07) is 9.66. The van der Waals surface area contributed by atoms with Crippen LogP contribution in [-0.2, 0) is 17.8 Å². The highest BCUT2D eigenvalue weighted by Crippen LogP contribution is 2.33. The fourth-order valence-corrected chi connectivity index (χ4v) is 3.31. The van der Waals surface area contributed by atoms with E-state index in [-0.39, 0.29) is 11.9 Å². The first-order chi connectivity index (χ1) is 13.9. The number of rotatable bonds is 5. The van der Waals surface area contributed by atoms with Crippen molar-refractivity contribution in [2.75, 3.05) is 26.1 Å². The van der Waals surface area contributed by atoms with Crippen LogP contribution in [0.3, 0.4) is 0 Å². The number of carbonyl (C=O) groups excluding carboxylic acids is 2. The molecule has 2 N–H and O–H groups in total. The van der Waals surface area contributed by atoms with Crippen molar-refractivity contribution in [3.63, 3.8) is 0 Å². The lowest BCUT2D eigenvalue weighted by Crippen LogP contribution is -2.49. The summed E-state index contributed by atoms with van der Waals surface area (Å²) in [5, 5.41) is 6.10. The first-order valence-corrected chi connectivity index (χ1v) is 9.64. The minimum atomic E-state index is -0.690. The molecule has 0 spiro atoms. The van der Waals surface area contributed by atoms with E-state index in [4.69, 9.17) is 21.1 Å². The van der Waals surface area contributed by atoms with Crippen LogP contribution in [-0.4, -0.2) is 43.6 Å². The number of hydrogen-bond donors (Lipinski definition) is 2. The summed E-state index contributed by atoms with van der Waals surface area (Å²) >= 11 is 5.85. The summed E-state index contributed by atoms with van der Waals surface area (Å²) in [6.45, 7) is 2.64. The molecule has 2 aromatic carbocycles. The number of anilines is 1. The molecule has 29 heavy (non-hydrogen) atoms. The average molecular weight is 418 g/mol. The van der Waals surface area contributed by atoms with Gasteiger partial charge in [-0.1, -0.05) is 11.6 Å². The van der Waals surface area contributed by atoms with E-state index in [1.165, 1.54) is 0 Å². The van der Waals surface area contributed by atoms with Gasteiger partial charge >= 0.3 is 6.03 Å². The number of carbonyl (C=O) groups is 2. The molecule has 0 aromatic heterocycles. The number of nitrogens with one attached hydrogen (secondary N) is 2. The average Bonchev–Trinajstić information content (AvgIpc) is 2.73. The number of fused-ring (bicyclic) bond motifs is 1. The first-order valence-electron chi connectivity index (χ1n) is 9.27. The molecule has 0 saturated heterocycles. The third-order valence-corrected chi connectivity index (χ3v) is 5.10. The summed E-state index contributed by atoms with van der Waals surface area (Å²) in [5.74, 6) is 1.00. The van der Waals surface area contributed by atoms with Gasteiger partial charge in [-0.25, -0.2) is 4.79 Å². The van der Waals surface area contributed by atoms with E-state index in [1.807, 2.05) is 12.1 Å². The Bertz CT molecular complexity index is 902. The quantitative estimate of drug-likeness (QED) is 0.780. The normalized spacial score (nSPS) is 13.9. The number of ether oxygens (including phenoxy) is 2. The standard InChI is InChI=1S/C21H24ClN3O4/c1-13(20(26)24-17-6-4-16(22)5-7-17)23-21(27)25-9-8-14-10-18(28-2)19(29-3)11-15(14)12-25/h4-7,10-11,13H,8-9,12H2,1-3H3,(H,23,27)(H,24,26)/t13-/m0/s1. The molecular formula is C21H24ClN3O4. The molecule has 1 aliphatic heterocycles. The van der Waals surface area contributed by atoms with Crippen molar-refractivity contribution in [3.8, 4) is 11.5 Å². The van der Waals surface area contributed by atoms with Crippen LogP contribution in [0, 0.1) is 0 Å². The van der Waals surface area contributed by atoms with Gasteiger partial charge in [0, 0.05) is 23.8 Å². The maximum atomic E-state index is 12.7. The molecule has 3 rings (SSSR count). The van der Waals surface area contributed by atoms with Gasteiger partial charge in [-0.05, 0) is 60.9 Å². The summed E-state index contributed by atoms with van der Waals surface area (Å²) in [4.78, 5) is 26.7. The lowest BCUT2D eigenvalue weighted by molar-refractivity contribution is -0.117. The van der Waals surface area contributed by atoms with Gasteiger partial charge in [0.05, 0.1) is 14.2 Å². The van der Waals surface area contributed by atoms with Crippen LogP contribution < -0.4 is 20.1 Å². The molecule has 0 radical (unpaired) electrons. The van der Waals surface area contributed by atoms with E-state index in [9.17, 15) is 9.59 Å². The van der Waals surface area contributed by atoms with Crippen LogP contribution in [0.5, 0.6) is 11.5 Å². The van der Waals surface area contributed by atoms with E-state index in [0.29, 0.717) is 41.7 Å². The molecule has 1 heterocycles. The molecule has 0 bridgehead atoms. The van der Waals surface area contributed by atoms with Gasteiger partial charge in [0.2, 0.25) is 5.91 Å². The summed E-state index contributed by atoms with van der Waals surface area (Å²) in [5.41, 5.74) is 2.75. The second kappa shape index (κ2) is 9.05. The minimum Gasteiger partial charge on any atom is -0.493 e. The molecule has 1 atom stereocenters. The molecule has 7 nitrogen and oxygen atoms in total. The predicted octanol–water partition coefficient (Wildman–Crippen LogP) is 3.45. The smallest absolute Gasteiger partial charge is 0.318 e. The lowest BCUT2D eigenvalue weighted by Gasteiger charge is -2.30. The monoisotopic (exact) mass is 417 g/mol. The second-order valence-electron chi connectivity index (χ2n) is 6.81. The van der Waals surface area contributed by atoms with Gasteiger partial charge in [-0.15, -0.1) is 0 Å². The second-order valence-corrected chi connectivity index (χ2v) is 7.25. The Kier molecular flexibility index (Phi) is 6.49. The highest BCUT2D eigenvalue weighted by atomic mass is 35.5. The van der Waals surface area contributed by atoms with E-state index < -0.39 is 6.04 Å². The Morgan fingerprint density at radius 3 is 2.31 bits per heavy atom. The van der Waals surface area contributed by atoms with Crippen molar-refractivity contribution in [1.82, 2.24) is 10.2 Å². The molecule has 3 amide bonds. The number of methoxy groups -OCH3 is 2. The van der Waals surface area contributed by atoms with Crippen LogP contribution in [0.15, 0.2) is 36.4 Å². The van der Waals surface area contributed by atoms with Crippen LogP contribution >= 0.6 is 11.6 Å². The zero-order valence-corrected chi connectivity index (χ0v) is 17.4. The molecule has 8 heteroatoms. The summed E-state index contributed by atoms with van der Waals surface area (Å²) in [7, 11) is 3.18. The van der Waals surface area contributed by atoms with E-state index in [0.717, 1.165) is 11.1 Å². The molecule has 154 valence electrons. The molecule has 0 unspecified atom stereocenters. The SMILES string of the molecule is COc1cc2c(cc1OC)CN(C(=O)N[C@@H](C)C(=O)Nc1ccc(Cl)cc1)CC2. The highest BCUT2D eigenvalue weighted by molar-refractivity contribution is 6.30. The van der Waals surface area contributed by atoms with Gasteiger partial charge in [0.25, 0.3) is 0 Å². The summed E-state index contributed by atoms with van der Waals surface area (Å²) in [6.07, 6.45) is 0.703. The molecule has 2 aromatic rings. The van der Waals surface area contributed by atoms with E-state index in [2.05, 4.69) is 10.6 Å². The Morgan fingerprint density at radius 1 is 1.07 bits per heavy atom. The van der Waals surface area contributed by atoms with Crippen LogP contribution in [0.2, 0.25) is 5.02 Å². The van der Waals surface area contributed by atoms with Gasteiger partial charge in [-0.3, -0.25) is 4.79 Å². The maximum absolute atomic E-state index is 12.7. The molecule has 0 fully saturated rings. The van der Waals surface area contributed by atoms with Crippen LogP contribution in [0.1, 0.15) is 18.1 Å². The molecule has 0 saturated carbocycles. The van der Waals surface area contributed by atoms with Gasteiger partial charge in [0.15, 0.2) is 11.5 Å². The Hall–Kier alpha value is -2.93. The van der Waals surface area contributed by atoms with Crippen LogP contribution in [0.4, 0.5) is 10.5 Å². The van der Waals surface area contributed by atoms with Crippen molar-refractivity contribution in [2.24, 2.45) is 0 Å². The zero-order valence-electron chi connectivity index (χ0n) is 16.6. The third kappa shape index (κ3) is 4.92. The number of nitrogens with zero attached hydrogens (tertiary/aromatic N) is 1. The number of halogens is 1. The number of urea groups is 1. The minimum absolute atomic E-state index is 0.288. The van der Waals surface area contributed by atoms with Crippen LogP contribution in [0.25, 0.3) is 0 Å². The first kappa shape index (κ1) is 20.8. The number of amides is 3. The largest absolute Gasteiger partial charge is 0.493 e. The van der Waals surface area contributed by atoms with Gasteiger partial charge < -0.3 is 25.0 Å².